The van der Waals surface area contributed by atoms with Gasteiger partial charge < -0.3 is 0 Å². The van der Waals surface area contributed by atoms with Crippen LogP contribution in [0.25, 0.3) is 0 Å². The van der Waals surface area contributed by atoms with Gasteiger partial charge in [-0.2, -0.15) is 0 Å². The SMILES string of the molecule is CC(C)c1ccc(NS(=O)(=O)c2ccc(F)cc2)cc1. The van der Waals surface area contributed by atoms with Crippen molar-refractivity contribution in [2.24, 2.45) is 0 Å². The Labute approximate surface area is 118 Å². The number of hydrogen-bond acceptors (Lipinski definition) is 2. The molecule has 0 fully saturated rings. The number of hydrogen-bond donors (Lipinski definition) is 1. The van der Waals surface area contributed by atoms with Crippen LogP contribution in [-0.2, 0) is 10.0 Å². The molecule has 106 valence electrons. The molecule has 20 heavy (non-hydrogen) atoms. The van der Waals surface area contributed by atoms with Gasteiger partial charge in [-0.1, -0.05) is 26.0 Å². The summed E-state index contributed by atoms with van der Waals surface area (Å²) in [5.41, 5.74) is 1.62. The predicted molar refractivity (Wildman–Crippen MR) is 77.7 cm³/mol. The van der Waals surface area contributed by atoms with Crippen molar-refractivity contribution in [3.63, 3.8) is 0 Å². The normalized spacial score (nSPS) is 11.6. The van der Waals surface area contributed by atoms with Crippen molar-refractivity contribution in [3.05, 3.63) is 59.9 Å². The molecule has 3 nitrogen and oxygen atoms in total. The van der Waals surface area contributed by atoms with Crippen LogP contribution in [0.3, 0.4) is 0 Å². The Hall–Kier alpha value is -1.88. The molecule has 0 aliphatic heterocycles. The van der Waals surface area contributed by atoms with Crippen molar-refractivity contribution in [2.45, 2.75) is 24.7 Å². The molecular formula is C15H16FNO2S. The van der Waals surface area contributed by atoms with Crippen LogP contribution in [-0.4, -0.2) is 8.42 Å². The molecule has 0 saturated carbocycles. The summed E-state index contributed by atoms with van der Waals surface area (Å²) in [5, 5.41) is 0. The van der Waals surface area contributed by atoms with Crippen molar-refractivity contribution in [1.82, 2.24) is 0 Å². The first-order valence-corrected chi connectivity index (χ1v) is 7.75. The van der Waals surface area contributed by atoms with E-state index in [0.29, 0.717) is 11.6 Å². The second-order valence-electron chi connectivity index (χ2n) is 4.84. The summed E-state index contributed by atoms with van der Waals surface area (Å²) >= 11 is 0. The van der Waals surface area contributed by atoms with Crippen LogP contribution in [0.1, 0.15) is 25.3 Å². The molecular weight excluding hydrogens is 277 g/mol. The molecule has 0 aromatic heterocycles. The summed E-state index contributed by atoms with van der Waals surface area (Å²) in [7, 11) is -3.68. The Bertz CT molecular complexity index is 677. The Morgan fingerprint density at radius 1 is 0.950 bits per heavy atom. The van der Waals surface area contributed by atoms with Gasteiger partial charge in [0.15, 0.2) is 0 Å². The van der Waals surface area contributed by atoms with Gasteiger partial charge in [0, 0.05) is 5.69 Å². The molecule has 1 N–H and O–H groups in total. The molecule has 2 rings (SSSR count). The number of anilines is 1. The summed E-state index contributed by atoms with van der Waals surface area (Å²) in [4.78, 5) is 0.0341. The van der Waals surface area contributed by atoms with Crippen LogP contribution in [0.2, 0.25) is 0 Å². The first kappa shape index (κ1) is 14.5. The van der Waals surface area contributed by atoms with Gasteiger partial charge in [-0.3, -0.25) is 4.72 Å². The Morgan fingerprint density at radius 3 is 2.00 bits per heavy atom. The van der Waals surface area contributed by atoms with E-state index < -0.39 is 15.8 Å². The summed E-state index contributed by atoms with van der Waals surface area (Å²) in [6.45, 7) is 4.13. The second kappa shape index (κ2) is 5.63. The fourth-order valence-corrected chi connectivity index (χ4v) is 2.82. The minimum absolute atomic E-state index is 0.0341. The lowest BCUT2D eigenvalue weighted by atomic mass is 10.0. The van der Waals surface area contributed by atoms with Crippen molar-refractivity contribution in [3.8, 4) is 0 Å². The number of sulfonamides is 1. The summed E-state index contributed by atoms with van der Waals surface area (Å²) in [6.07, 6.45) is 0. The smallest absolute Gasteiger partial charge is 0.261 e. The van der Waals surface area contributed by atoms with Crippen LogP contribution in [0.5, 0.6) is 0 Å². The number of nitrogens with one attached hydrogen (secondary N) is 1. The molecule has 0 unspecified atom stereocenters. The van der Waals surface area contributed by atoms with Crippen LogP contribution >= 0.6 is 0 Å². The van der Waals surface area contributed by atoms with Gasteiger partial charge in [0.2, 0.25) is 0 Å². The third kappa shape index (κ3) is 3.36. The topological polar surface area (TPSA) is 46.2 Å². The van der Waals surface area contributed by atoms with Gasteiger partial charge in [-0.15, -0.1) is 0 Å². The van der Waals surface area contributed by atoms with Gasteiger partial charge in [-0.25, -0.2) is 12.8 Å². The van der Waals surface area contributed by atoms with E-state index in [1.807, 2.05) is 12.1 Å². The predicted octanol–water partition coefficient (Wildman–Crippen LogP) is 3.75. The van der Waals surface area contributed by atoms with E-state index in [9.17, 15) is 12.8 Å². The fourth-order valence-electron chi connectivity index (χ4n) is 1.76. The monoisotopic (exact) mass is 293 g/mol. The van der Waals surface area contributed by atoms with Crippen molar-refractivity contribution < 1.29 is 12.8 Å². The molecule has 0 amide bonds. The molecule has 0 heterocycles. The van der Waals surface area contributed by atoms with Gasteiger partial charge in [0.05, 0.1) is 4.90 Å². The standard InChI is InChI=1S/C15H16FNO2S/c1-11(2)12-3-7-14(8-4-12)17-20(18,19)15-9-5-13(16)6-10-15/h3-11,17H,1-2H3. The lowest BCUT2D eigenvalue weighted by Crippen LogP contribution is -2.12. The zero-order valence-corrected chi connectivity index (χ0v) is 12.1. The van der Waals surface area contributed by atoms with E-state index in [-0.39, 0.29) is 4.90 Å². The maximum absolute atomic E-state index is 12.8. The minimum Gasteiger partial charge on any atom is -0.280 e. The van der Waals surface area contributed by atoms with Crippen LogP contribution < -0.4 is 4.72 Å². The summed E-state index contributed by atoms with van der Waals surface area (Å²) in [5.74, 6) is -0.0806. The molecule has 0 spiro atoms. The Balaban J connectivity index is 2.22. The third-order valence-corrected chi connectivity index (χ3v) is 4.35. The highest BCUT2D eigenvalue weighted by atomic mass is 32.2. The maximum atomic E-state index is 12.8. The average Bonchev–Trinajstić information content (AvgIpc) is 2.39. The summed E-state index contributed by atoms with van der Waals surface area (Å²) in [6, 6.07) is 11.9. The molecule has 0 radical (unpaired) electrons. The van der Waals surface area contributed by atoms with Crippen molar-refractivity contribution in [2.75, 3.05) is 4.72 Å². The van der Waals surface area contributed by atoms with Gasteiger partial charge >= 0.3 is 0 Å². The molecule has 0 atom stereocenters. The van der Waals surface area contributed by atoms with Crippen LogP contribution in [0.4, 0.5) is 10.1 Å². The zero-order chi connectivity index (χ0) is 14.8. The number of benzene rings is 2. The molecule has 2 aromatic rings. The van der Waals surface area contributed by atoms with Crippen molar-refractivity contribution >= 4 is 15.7 Å². The lowest BCUT2D eigenvalue weighted by Gasteiger charge is -2.10. The quantitative estimate of drug-likeness (QED) is 0.933. The van der Waals surface area contributed by atoms with E-state index in [1.165, 1.54) is 12.1 Å². The van der Waals surface area contributed by atoms with Gasteiger partial charge in [0.1, 0.15) is 5.82 Å². The highest BCUT2D eigenvalue weighted by Gasteiger charge is 2.14. The first-order valence-electron chi connectivity index (χ1n) is 6.27. The highest BCUT2D eigenvalue weighted by Crippen LogP contribution is 2.20. The van der Waals surface area contributed by atoms with E-state index in [2.05, 4.69) is 18.6 Å². The number of rotatable bonds is 4. The Morgan fingerprint density at radius 2 is 1.50 bits per heavy atom. The number of halogens is 1. The van der Waals surface area contributed by atoms with Gasteiger partial charge in [-0.05, 0) is 47.9 Å². The molecule has 0 aliphatic rings. The molecule has 0 saturated heterocycles. The summed E-state index contributed by atoms with van der Waals surface area (Å²) < 4.78 is 39.5. The molecule has 2 aromatic carbocycles. The van der Waals surface area contributed by atoms with E-state index in [0.717, 1.165) is 17.7 Å². The van der Waals surface area contributed by atoms with E-state index in [4.69, 9.17) is 0 Å². The molecule has 0 bridgehead atoms. The lowest BCUT2D eigenvalue weighted by molar-refractivity contribution is 0.599. The molecule has 0 aliphatic carbocycles. The Kier molecular flexibility index (Phi) is 4.09. The van der Waals surface area contributed by atoms with Crippen molar-refractivity contribution in [1.29, 1.82) is 0 Å². The molecule has 5 heteroatoms. The van der Waals surface area contributed by atoms with Crippen LogP contribution in [0, 0.1) is 5.82 Å². The largest absolute Gasteiger partial charge is 0.280 e. The average molecular weight is 293 g/mol. The van der Waals surface area contributed by atoms with E-state index >= 15 is 0 Å². The highest BCUT2D eigenvalue weighted by molar-refractivity contribution is 7.92. The first-order chi connectivity index (χ1) is 9.38. The maximum Gasteiger partial charge on any atom is 0.261 e. The van der Waals surface area contributed by atoms with Gasteiger partial charge in [0.25, 0.3) is 10.0 Å². The fraction of sp³-hybridized carbons (Fsp3) is 0.200. The second-order valence-corrected chi connectivity index (χ2v) is 6.52. The van der Waals surface area contributed by atoms with E-state index in [1.54, 1.807) is 12.1 Å². The minimum atomic E-state index is -3.68. The van der Waals surface area contributed by atoms with Crippen LogP contribution in [0.15, 0.2) is 53.4 Å². The third-order valence-electron chi connectivity index (χ3n) is 2.95. The zero-order valence-electron chi connectivity index (χ0n) is 11.3.